The average molecular weight is 279 g/mol. The zero-order chi connectivity index (χ0) is 14.8. The van der Waals surface area contributed by atoms with Crippen LogP contribution < -0.4 is 5.32 Å². The van der Waals surface area contributed by atoms with E-state index in [-0.39, 0.29) is 0 Å². The summed E-state index contributed by atoms with van der Waals surface area (Å²) in [5.74, 6) is 0. The molecule has 2 aromatic rings. The molecule has 0 saturated carbocycles. The van der Waals surface area contributed by atoms with Crippen molar-refractivity contribution in [2.24, 2.45) is 0 Å². The summed E-state index contributed by atoms with van der Waals surface area (Å²) in [4.78, 5) is 0. The summed E-state index contributed by atoms with van der Waals surface area (Å²) >= 11 is 0. The van der Waals surface area contributed by atoms with E-state index in [4.69, 9.17) is 0 Å². The maximum Gasteiger partial charge on any atom is 0.416 e. The van der Waals surface area contributed by atoms with Gasteiger partial charge in [-0.2, -0.15) is 13.2 Å². The maximum absolute atomic E-state index is 12.5. The van der Waals surface area contributed by atoms with Gasteiger partial charge >= 0.3 is 6.18 Å². The van der Waals surface area contributed by atoms with Crippen molar-refractivity contribution in [2.75, 3.05) is 5.32 Å². The first-order chi connectivity index (χ1) is 9.38. The summed E-state index contributed by atoms with van der Waals surface area (Å²) in [7, 11) is 0. The van der Waals surface area contributed by atoms with Gasteiger partial charge in [-0.15, -0.1) is 0 Å². The van der Waals surface area contributed by atoms with Crippen LogP contribution >= 0.6 is 0 Å². The van der Waals surface area contributed by atoms with Crippen molar-refractivity contribution in [3.8, 4) is 0 Å². The fourth-order valence-corrected chi connectivity index (χ4v) is 2.10. The van der Waals surface area contributed by atoms with E-state index in [0.29, 0.717) is 12.2 Å². The molecule has 0 spiro atoms. The molecule has 0 amide bonds. The van der Waals surface area contributed by atoms with Crippen molar-refractivity contribution in [3.05, 3.63) is 64.7 Å². The molecule has 1 N–H and O–H groups in total. The lowest BCUT2D eigenvalue weighted by Gasteiger charge is -2.13. The van der Waals surface area contributed by atoms with Gasteiger partial charge in [-0.05, 0) is 54.8 Å². The first-order valence-electron chi connectivity index (χ1n) is 6.34. The first kappa shape index (κ1) is 14.4. The number of hydrogen-bond donors (Lipinski definition) is 1. The van der Waals surface area contributed by atoms with Crippen LogP contribution in [0.1, 0.15) is 22.3 Å². The molecule has 0 unspecified atom stereocenters. The molecule has 4 heteroatoms. The van der Waals surface area contributed by atoms with Crippen LogP contribution in [0.25, 0.3) is 0 Å². The van der Waals surface area contributed by atoms with Gasteiger partial charge in [-0.3, -0.25) is 0 Å². The Morgan fingerprint density at radius 2 is 1.45 bits per heavy atom. The zero-order valence-electron chi connectivity index (χ0n) is 11.4. The highest BCUT2D eigenvalue weighted by Gasteiger charge is 2.29. The van der Waals surface area contributed by atoms with Crippen molar-refractivity contribution in [1.29, 1.82) is 0 Å². The summed E-state index contributed by atoms with van der Waals surface area (Å²) in [6.07, 6.45) is -4.29. The lowest BCUT2D eigenvalue weighted by atomic mass is 10.0. The van der Waals surface area contributed by atoms with Gasteiger partial charge in [0.2, 0.25) is 0 Å². The minimum Gasteiger partial charge on any atom is -0.381 e. The second-order valence-corrected chi connectivity index (χ2v) is 4.80. The predicted octanol–water partition coefficient (Wildman–Crippen LogP) is 4.93. The van der Waals surface area contributed by atoms with E-state index in [1.165, 1.54) is 28.8 Å². The van der Waals surface area contributed by atoms with Gasteiger partial charge in [-0.25, -0.2) is 0 Å². The van der Waals surface area contributed by atoms with Crippen LogP contribution in [0.5, 0.6) is 0 Å². The van der Waals surface area contributed by atoms with Crippen molar-refractivity contribution in [1.82, 2.24) is 0 Å². The molecule has 0 bridgehead atoms. The molecular weight excluding hydrogens is 263 g/mol. The quantitative estimate of drug-likeness (QED) is 0.839. The minimum atomic E-state index is -4.29. The van der Waals surface area contributed by atoms with Crippen molar-refractivity contribution in [3.63, 3.8) is 0 Å². The molecule has 0 aromatic heterocycles. The molecule has 20 heavy (non-hydrogen) atoms. The zero-order valence-corrected chi connectivity index (χ0v) is 11.4. The van der Waals surface area contributed by atoms with E-state index in [1.807, 2.05) is 32.0 Å². The second kappa shape index (κ2) is 5.57. The summed E-state index contributed by atoms with van der Waals surface area (Å²) < 4.78 is 37.4. The molecule has 2 rings (SSSR count). The van der Waals surface area contributed by atoms with E-state index in [1.54, 1.807) is 0 Å². The summed E-state index contributed by atoms with van der Waals surface area (Å²) in [6, 6.07) is 11.1. The molecule has 0 fully saturated rings. The number of alkyl halides is 3. The van der Waals surface area contributed by atoms with Gasteiger partial charge in [0.15, 0.2) is 0 Å². The Kier molecular flexibility index (Phi) is 4.02. The fourth-order valence-electron chi connectivity index (χ4n) is 2.10. The Morgan fingerprint density at radius 1 is 0.900 bits per heavy atom. The van der Waals surface area contributed by atoms with Crippen molar-refractivity contribution < 1.29 is 13.2 Å². The molecular formula is C16H16F3N. The van der Waals surface area contributed by atoms with Gasteiger partial charge in [0.05, 0.1) is 5.56 Å². The third kappa shape index (κ3) is 3.32. The third-order valence-corrected chi connectivity index (χ3v) is 3.33. The highest BCUT2D eigenvalue weighted by atomic mass is 19.4. The second-order valence-electron chi connectivity index (χ2n) is 4.80. The highest BCUT2D eigenvalue weighted by molar-refractivity contribution is 5.47. The van der Waals surface area contributed by atoms with E-state index in [2.05, 4.69) is 5.32 Å². The molecule has 0 aliphatic carbocycles. The van der Waals surface area contributed by atoms with Gasteiger partial charge < -0.3 is 5.32 Å². The van der Waals surface area contributed by atoms with Crippen LogP contribution in [0.4, 0.5) is 18.9 Å². The van der Waals surface area contributed by atoms with Crippen LogP contribution in [0.3, 0.4) is 0 Å². The van der Waals surface area contributed by atoms with Gasteiger partial charge in [0.25, 0.3) is 0 Å². The van der Waals surface area contributed by atoms with Gasteiger partial charge in [0.1, 0.15) is 0 Å². The summed E-state index contributed by atoms with van der Waals surface area (Å²) in [6.45, 7) is 4.65. The lowest BCUT2D eigenvalue weighted by Crippen LogP contribution is -2.06. The Hall–Kier alpha value is -1.97. The number of anilines is 1. The molecule has 1 nitrogen and oxygen atoms in total. The molecule has 2 aromatic carbocycles. The minimum absolute atomic E-state index is 0.601. The van der Waals surface area contributed by atoms with Crippen LogP contribution in [-0.4, -0.2) is 0 Å². The SMILES string of the molecule is Cc1cccc(C)c1CNc1ccc(C(F)(F)F)cc1. The maximum atomic E-state index is 12.5. The molecule has 0 saturated heterocycles. The van der Waals surface area contributed by atoms with Gasteiger partial charge in [-0.1, -0.05) is 18.2 Å². The smallest absolute Gasteiger partial charge is 0.381 e. The third-order valence-electron chi connectivity index (χ3n) is 3.33. The number of nitrogens with one attached hydrogen (secondary N) is 1. The van der Waals surface area contributed by atoms with E-state index in [9.17, 15) is 13.2 Å². The average Bonchev–Trinajstić information content (AvgIpc) is 2.37. The highest BCUT2D eigenvalue weighted by Crippen LogP contribution is 2.30. The van der Waals surface area contributed by atoms with E-state index in [0.717, 1.165) is 12.1 Å². The Labute approximate surface area is 116 Å². The van der Waals surface area contributed by atoms with Gasteiger partial charge in [0, 0.05) is 12.2 Å². The lowest BCUT2D eigenvalue weighted by molar-refractivity contribution is -0.137. The van der Waals surface area contributed by atoms with Crippen molar-refractivity contribution >= 4 is 5.69 Å². The van der Waals surface area contributed by atoms with Crippen LogP contribution in [0.2, 0.25) is 0 Å². The first-order valence-corrected chi connectivity index (χ1v) is 6.34. The van der Waals surface area contributed by atoms with Crippen LogP contribution in [0, 0.1) is 13.8 Å². The molecule has 0 radical (unpaired) electrons. The molecule has 0 heterocycles. The van der Waals surface area contributed by atoms with E-state index >= 15 is 0 Å². The number of aryl methyl sites for hydroxylation is 2. The molecule has 0 atom stereocenters. The largest absolute Gasteiger partial charge is 0.416 e. The summed E-state index contributed by atoms with van der Waals surface area (Å²) in [5, 5.41) is 3.15. The standard InChI is InChI=1S/C16H16F3N/c1-11-4-3-5-12(2)15(11)10-20-14-8-6-13(7-9-14)16(17,18)19/h3-9,20H,10H2,1-2H3. The van der Waals surface area contributed by atoms with Crippen molar-refractivity contribution in [2.45, 2.75) is 26.6 Å². The van der Waals surface area contributed by atoms with Crippen LogP contribution in [0.15, 0.2) is 42.5 Å². The Balaban J connectivity index is 2.08. The molecule has 0 aliphatic heterocycles. The number of benzene rings is 2. The molecule has 0 aliphatic rings. The Morgan fingerprint density at radius 3 is 1.95 bits per heavy atom. The summed E-state index contributed by atoms with van der Waals surface area (Å²) in [5.41, 5.74) is 3.57. The van der Waals surface area contributed by atoms with E-state index < -0.39 is 11.7 Å². The van der Waals surface area contributed by atoms with Crippen LogP contribution in [-0.2, 0) is 12.7 Å². The fraction of sp³-hybridized carbons (Fsp3) is 0.250. The molecule has 106 valence electrons. The Bertz CT molecular complexity index is 565. The number of hydrogen-bond acceptors (Lipinski definition) is 1. The monoisotopic (exact) mass is 279 g/mol. The number of halogens is 3. The normalized spacial score (nSPS) is 11.4. The predicted molar refractivity (Wildman–Crippen MR) is 74.7 cm³/mol. The number of rotatable bonds is 3. The topological polar surface area (TPSA) is 12.0 Å².